The molecule has 0 unspecified atom stereocenters. The van der Waals surface area contributed by atoms with Gasteiger partial charge in [-0.25, -0.2) is 9.97 Å². The molecule has 0 aromatic carbocycles. The summed E-state index contributed by atoms with van der Waals surface area (Å²) >= 11 is 3.30. The van der Waals surface area contributed by atoms with Crippen LogP contribution >= 0.6 is 15.9 Å². The molecule has 6 heteroatoms. The molecule has 0 saturated carbocycles. The van der Waals surface area contributed by atoms with E-state index in [2.05, 4.69) is 30.9 Å². The molecule has 2 heterocycles. The summed E-state index contributed by atoms with van der Waals surface area (Å²) in [7, 11) is 1.54. The number of rotatable bonds is 3. The topological polar surface area (TPSA) is 67.9 Å². The van der Waals surface area contributed by atoms with E-state index in [1.54, 1.807) is 25.4 Å². The minimum Gasteiger partial charge on any atom is -0.481 e. The largest absolute Gasteiger partial charge is 0.481 e. The summed E-state index contributed by atoms with van der Waals surface area (Å²) in [5.74, 6) is 0.776. The number of pyridine rings is 1. The van der Waals surface area contributed by atoms with Gasteiger partial charge >= 0.3 is 0 Å². The van der Waals surface area contributed by atoms with E-state index < -0.39 is 0 Å². The van der Waals surface area contributed by atoms with E-state index in [0.29, 0.717) is 22.5 Å². The van der Waals surface area contributed by atoms with Crippen LogP contribution in [0.25, 0.3) is 11.3 Å². The Balaban J connectivity index is 2.48. The van der Waals surface area contributed by atoms with Crippen molar-refractivity contribution in [3.63, 3.8) is 0 Å². The summed E-state index contributed by atoms with van der Waals surface area (Å²) in [4.78, 5) is 21.5. The Kier molecular flexibility index (Phi) is 3.00. The molecule has 0 bridgehead atoms. The van der Waals surface area contributed by atoms with Crippen LogP contribution in [0.2, 0.25) is 0 Å². The fraction of sp³-hybridized carbons (Fsp3) is 0.100. The van der Waals surface area contributed by atoms with E-state index in [9.17, 15) is 4.79 Å². The second kappa shape index (κ2) is 4.44. The third-order valence-corrected chi connectivity index (χ3v) is 2.58. The maximum absolute atomic E-state index is 10.6. The second-order valence-corrected chi connectivity index (χ2v) is 3.78. The molecule has 0 aliphatic rings. The maximum atomic E-state index is 10.6. The molecule has 1 N–H and O–H groups in total. The first-order valence-corrected chi connectivity index (χ1v) is 5.25. The van der Waals surface area contributed by atoms with Crippen LogP contribution in [0.5, 0.6) is 5.88 Å². The molecular formula is C10H8BrN3O2. The number of aromatic nitrogens is 3. The molecule has 0 radical (unpaired) electrons. The van der Waals surface area contributed by atoms with E-state index in [1.165, 1.54) is 0 Å². The van der Waals surface area contributed by atoms with Gasteiger partial charge in [-0.1, -0.05) is 0 Å². The summed E-state index contributed by atoms with van der Waals surface area (Å²) < 4.78 is 5.67. The van der Waals surface area contributed by atoms with Crippen LogP contribution in [0.4, 0.5) is 0 Å². The van der Waals surface area contributed by atoms with Crippen molar-refractivity contribution < 1.29 is 9.53 Å². The van der Waals surface area contributed by atoms with Crippen molar-refractivity contribution in [2.45, 2.75) is 0 Å². The lowest BCUT2D eigenvalue weighted by Gasteiger charge is -2.00. The summed E-state index contributed by atoms with van der Waals surface area (Å²) in [6.07, 6.45) is 2.28. The monoisotopic (exact) mass is 281 g/mol. The Morgan fingerprint density at radius 2 is 2.38 bits per heavy atom. The lowest BCUT2D eigenvalue weighted by molar-refractivity contribution is 0.111. The van der Waals surface area contributed by atoms with Crippen molar-refractivity contribution >= 4 is 22.2 Å². The molecule has 2 aromatic rings. The third kappa shape index (κ3) is 1.96. The Labute approximate surface area is 100 Å². The molecular weight excluding hydrogens is 274 g/mol. The van der Waals surface area contributed by atoms with Gasteiger partial charge in [0.25, 0.3) is 0 Å². The van der Waals surface area contributed by atoms with Crippen LogP contribution in [0.3, 0.4) is 0 Å². The molecule has 82 valence electrons. The van der Waals surface area contributed by atoms with Gasteiger partial charge in [0.2, 0.25) is 5.88 Å². The van der Waals surface area contributed by atoms with Crippen LogP contribution < -0.4 is 4.74 Å². The number of nitrogens with zero attached hydrogens (tertiary/aromatic N) is 2. The van der Waals surface area contributed by atoms with Crippen molar-refractivity contribution in [1.82, 2.24) is 15.0 Å². The zero-order valence-corrected chi connectivity index (χ0v) is 9.98. The van der Waals surface area contributed by atoms with Crippen LogP contribution in [-0.2, 0) is 0 Å². The molecule has 2 aromatic heterocycles. The van der Waals surface area contributed by atoms with Crippen LogP contribution in [0, 0.1) is 0 Å². The number of aromatic amines is 1. The van der Waals surface area contributed by atoms with Crippen molar-refractivity contribution in [2.24, 2.45) is 0 Å². The minimum absolute atomic E-state index is 0.276. The number of H-pyrrole nitrogens is 1. The van der Waals surface area contributed by atoms with E-state index in [1.807, 2.05) is 0 Å². The van der Waals surface area contributed by atoms with Crippen LogP contribution in [0.1, 0.15) is 10.6 Å². The average Bonchev–Trinajstić information content (AvgIpc) is 2.71. The number of aldehydes is 1. The van der Waals surface area contributed by atoms with Crippen molar-refractivity contribution in [3.05, 3.63) is 28.8 Å². The number of imidazole rings is 1. The Morgan fingerprint density at radius 1 is 1.56 bits per heavy atom. The first kappa shape index (κ1) is 10.8. The van der Waals surface area contributed by atoms with Gasteiger partial charge in [-0.3, -0.25) is 4.79 Å². The number of nitrogens with one attached hydrogen (secondary N) is 1. The van der Waals surface area contributed by atoms with Gasteiger partial charge in [-0.05, 0) is 22.0 Å². The number of carbonyl (C=O) groups excluding carboxylic acids is 1. The molecule has 0 fully saturated rings. The Hall–Kier alpha value is -1.69. The summed E-state index contributed by atoms with van der Waals surface area (Å²) in [6.45, 7) is 0. The van der Waals surface area contributed by atoms with Crippen molar-refractivity contribution in [2.75, 3.05) is 7.11 Å². The number of ether oxygens (including phenoxy) is 1. The molecule has 2 rings (SSSR count). The van der Waals surface area contributed by atoms with E-state index >= 15 is 0 Å². The smallest absolute Gasteiger partial charge is 0.213 e. The standard InChI is InChI=1S/C10H8BrN3O2/c1-16-8-4-6(2-3-12-8)9-10(11)14-7(5-15)13-9/h2-5H,1H3,(H,13,14). The van der Waals surface area contributed by atoms with Crippen LogP contribution in [0.15, 0.2) is 22.9 Å². The van der Waals surface area contributed by atoms with Crippen molar-refractivity contribution in [3.8, 4) is 17.1 Å². The quantitative estimate of drug-likeness (QED) is 0.875. The predicted molar refractivity (Wildman–Crippen MR) is 61.5 cm³/mol. The van der Waals surface area contributed by atoms with Gasteiger partial charge in [0.05, 0.1) is 7.11 Å². The third-order valence-electron chi connectivity index (χ3n) is 2.01. The maximum Gasteiger partial charge on any atom is 0.213 e. The fourth-order valence-corrected chi connectivity index (χ4v) is 1.81. The van der Waals surface area contributed by atoms with Gasteiger partial charge in [0, 0.05) is 17.8 Å². The lowest BCUT2D eigenvalue weighted by atomic mass is 10.2. The molecule has 0 aliphatic carbocycles. The highest BCUT2D eigenvalue weighted by molar-refractivity contribution is 9.10. The minimum atomic E-state index is 0.276. The second-order valence-electron chi connectivity index (χ2n) is 2.99. The lowest BCUT2D eigenvalue weighted by Crippen LogP contribution is -1.88. The number of carbonyl (C=O) groups is 1. The molecule has 5 nitrogen and oxygen atoms in total. The average molecular weight is 282 g/mol. The van der Waals surface area contributed by atoms with Gasteiger partial charge < -0.3 is 9.72 Å². The first-order valence-electron chi connectivity index (χ1n) is 4.45. The molecule has 0 aliphatic heterocycles. The molecule has 0 spiro atoms. The molecule has 16 heavy (non-hydrogen) atoms. The van der Waals surface area contributed by atoms with Gasteiger partial charge in [0.1, 0.15) is 10.3 Å². The summed E-state index contributed by atoms with van der Waals surface area (Å²) in [5, 5.41) is 0. The van der Waals surface area contributed by atoms with E-state index in [0.717, 1.165) is 5.56 Å². The van der Waals surface area contributed by atoms with Gasteiger partial charge in [-0.15, -0.1) is 0 Å². The van der Waals surface area contributed by atoms with E-state index in [4.69, 9.17) is 4.74 Å². The van der Waals surface area contributed by atoms with Gasteiger partial charge in [0.15, 0.2) is 12.1 Å². The summed E-state index contributed by atoms with van der Waals surface area (Å²) in [6, 6.07) is 3.54. The molecule has 0 amide bonds. The van der Waals surface area contributed by atoms with Crippen molar-refractivity contribution in [1.29, 1.82) is 0 Å². The number of hydrogen-bond acceptors (Lipinski definition) is 4. The Morgan fingerprint density at radius 3 is 3.00 bits per heavy atom. The van der Waals surface area contributed by atoms with E-state index in [-0.39, 0.29) is 5.82 Å². The molecule has 0 atom stereocenters. The SMILES string of the molecule is COc1cc(-c2nc(C=O)[nH]c2Br)ccn1. The first-order chi connectivity index (χ1) is 7.74. The zero-order valence-electron chi connectivity index (χ0n) is 8.40. The van der Waals surface area contributed by atoms with Gasteiger partial charge in [-0.2, -0.15) is 0 Å². The number of hydrogen-bond donors (Lipinski definition) is 1. The highest BCUT2D eigenvalue weighted by atomic mass is 79.9. The zero-order chi connectivity index (χ0) is 11.5. The molecule has 0 saturated heterocycles. The highest BCUT2D eigenvalue weighted by Gasteiger charge is 2.10. The highest BCUT2D eigenvalue weighted by Crippen LogP contribution is 2.27. The Bertz CT molecular complexity index is 525. The fourth-order valence-electron chi connectivity index (χ4n) is 1.28. The number of halogens is 1. The summed E-state index contributed by atoms with van der Waals surface area (Å²) in [5.41, 5.74) is 1.48. The number of methoxy groups -OCH3 is 1. The predicted octanol–water partition coefficient (Wildman–Crippen LogP) is 2.06. The van der Waals surface area contributed by atoms with Crippen LogP contribution in [-0.4, -0.2) is 28.3 Å². The normalized spacial score (nSPS) is 10.1.